The predicted molar refractivity (Wildman–Crippen MR) is 66.4 cm³/mol. The second kappa shape index (κ2) is 4.34. The lowest BCUT2D eigenvalue weighted by molar-refractivity contribution is 0.195. The summed E-state index contributed by atoms with van der Waals surface area (Å²) in [5.74, 6) is 0. The highest BCUT2D eigenvalue weighted by molar-refractivity contribution is 6.31. The molecular weight excluding hydrogens is 226 g/mol. The van der Waals surface area contributed by atoms with Crippen LogP contribution in [-0.2, 0) is 0 Å². The molecular formula is C12H16ClNO2. The molecule has 0 spiro atoms. The van der Waals surface area contributed by atoms with Crippen molar-refractivity contribution in [2.45, 2.75) is 33.2 Å². The normalized spacial score (nSPS) is 11.3. The van der Waals surface area contributed by atoms with Crippen LogP contribution in [0.3, 0.4) is 0 Å². The quantitative estimate of drug-likeness (QED) is 0.809. The van der Waals surface area contributed by atoms with E-state index in [0.717, 1.165) is 5.56 Å². The number of anilines is 1. The van der Waals surface area contributed by atoms with Gasteiger partial charge in [0.25, 0.3) is 0 Å². The molecule has 0 saturated carbocycles. The summed E-state index contributed by atoms with van der Waals surface area (Å²) in [5.41, 5.74) is 1.03. The van der Waals surface area contributed by atoms with Gasteiger partial charge in [-0.05, 0) is 51.5 Å². The van der Waals surface area contributed by atoms with Gasteiger partial charge in [0.2, 0.25) is 0 Å². The van der Waals surface area contributed by atoms with E-state index < -0.39 is 11.6 Å². The van der Waals surface area contributed by atoms with E-state index in [9.17, 15) is 9.90 Å². The van der Waals surface area contributed by atoms with Gasteiger partial charge in [-0.2, -0.15) is 0 Å². The molecule has 0 fully saturated rings. The summed E-state index contributed by atoms with van der Waals surface area (Å²) in [7, 11) is 0. The van der Waals surface area contributed by atoms with Crippen molar-refractivity contribution in [3.05, 3.63) is 28.8 Å². The highest BCUT2D eigenvalue weighted by Crippen LogP contribution is 2.27. The number of carbonyl (C=O) groups is 1. The van der Waals surface area contributed by atoms with Crippen molar-refractivity contribution in [3.63, 3.8) is 0 Å². The minimum atomic E-state index is -0.964. The molecule has 88 valence electrons. The van der Waals surface area contributed by atoms with Gasteiger partial charge in [-0.25, -0.2) is 4.79 Å². The van der Waals surface area contributed by atoms with Crippen LogP contribution in [-0.4, -0.2) is 16.7 Å². The predicted octanol–water partition coefficient (Wildman–Crippen LogP) is 3.93. The highest BCUT2D eigenvalue weighted by Gasteiger charge is 2.27. The van der Waals surface area contributed by atoms with Gasteiger partial charge in [0.15, 0.2) is 0 Å². The van der Waals surface area contributed by atoms with Gasteiger partial charge in [-0.15, -0.1) is 0 Å². The van der Waals surface area contributed by atoms with Crippen molar-refractivity contribution < 1.29 is 9.90 Å². The van der Waals surface area contributed by atoms with E-state index in [1.54, 1.807) is 18.2 Å². The van der Waals surface area contributed by atoms with E-state index in [2.05, 4.69) is 0 Å². The lowest BCUT2D eigenvalue weighted by atomic mass is 10.0. The molecule has 1 amide bonds. The molecule has 0 heterocycles. The Bertz CT molecular complexity index is 410. The SMILES string of the molecule is Cc1cc(N(C(=O)O)C(C)(C)C)ccc1Cl. The molecule has 0 unspecified atom stereocenters. The Morgan fingerprint density at radius 1 is 1.38 bits per heavy atom. The third-order valence-corrected chi connectivity index (χ3v) is 2.69. The summed E-state index contributed by atoms with van der Waals surface area (Å²) in [5, 5.41) is 9.86. The Kier molecular flexibility index (Phi) is 3.48. The van der Waals surface area contributed by atoms with Crippen molar-refractivity contribution in [1.29, 1.82) is 0 Å². The van der Waals surface area contributed by atoms with Crippen molar-refractivity contribution in [2.75, 3.05) is 4.90 Å². The molecule has 1 rings (SSSR count). The zero-order chi connectivity index (χ0) is 12.5. The van der Waals surface area contributed by atoms with Crippen LogP contribution >= 0.6 is 11.6 Å². The maximum Gasteiger partial charge on any atom is 0.412 e. The van der Waals surface area contributed by atoms with Crippen LogP contribution in [0.2, 0.25) is 5.02 Å². The second-order valence-corrected chi connectivity index (χ2v) is 5.13. The van der Waals surface area contributed by atoms with Crippen LogP contribution in [0.25, 0.3) is 0 Å². The van der Waals surface area contributed by atoms with Crippen molar-refractivity contribution >= 4 is 23.4 Å². The van der Waals surface area contributed by atoms with Crippen molar-refractivity contribution in [1.82, 2.24) is 0 Å². The summed E-state index contributed by atoms with van der Waals surface area (Å²) < 4.78 is 0. The maximum absolute atomic E-state index is 11.2. The minimum absolute atomic E-state index is 0.480. The fourth-order valence-corrected chi connectivity index (χ4v) is 1.67. The van der Waals surface area contributed by atoms with E-state index in [0.29, 0.717) is 10.7 Å². The van der Waals surface area contributed by atoms with Crippen molar-refractivity contribution in [3.8, 4) is 0 Å². The Morgan fingerprint density at radius 3 is 2.31 bits per heavy atom. The molecule has 0 radical (unpaired) electrons. The molecule has 0 bridgehead atoms. The molecule has 1 N–H and O–H groups in total. The smallest absolute Gasteiger partial charge is 0.412 e. The summed E-state index contributed by atoms with van der Waals surface area (Å²) in [4.78, 5) is 12.6. The number of nitrogens with zero attached hydrogens (tertiary/aromatic N) is 1. The molecule has 4 heteroatoms. The second-order valence-electron chi connectivity index (χ2n) is 4.72. The topological polar surface area (TPSA) is 40.5 Å². The fraction of sp³-hybridized carbons (Fsp3) is 0.417. The molecule has 0 aliphatic rings. The van der Waals surface area contributed by atoms with E-state index >= 15 is 0 Å². The van der Waals surface area contributed by atoms with Crippen LogP contribution in [0.15, 0.2) is 18.2 Å². The molecule has 1 aromatic carbocycles. The van der Waals surface area contributed by atoms with Crippen LogP contribution in [0.5, 0.6) is 0 Å². The maximum atomic E-state index is 11.2. The molecule has 0 saturated heterocycles. The summed E-state index contributed by atoms with van der Waals surface area (Å²) >= 11 is 5.91. The first kappa shape index (κ1) is 12.8. The van der Waals surface area contributed by atoms with Gasteiger partial charge >= 0.3 is 6.09 Å². The van der Waals surface area contributed by atoms with Crippen LogP contribution in [0.1, 0.15) is 26.3 Å². The number of aryl methyl sites for hydroxylation is 1. The Hall–Kier alpha value is -1.22. The molecule has 0 atom stereocenters. The fourth-order valence-electron chi connectivity index (χ4n) is 1.55. The first-order valence-corrected chi connectivity index (χ1v) is 5.40. The van der Waals surface area contributed by atoms with Crippen LogP contribution in [0, 0.1) is 6.92 Å². The number of carboxylic acid groups (broad SMARTS) is 1. The Labute approximate surface area is 101 Å². The molecule has 0 aliphatic carbocycles. The standard InChI is InChI=1S/C12H16ClNO2/c1-8-7-9(5-6-10(8)13)14(11(15)16)12(2,3)4/h5-7H,1-4H3,(H,15,16). The molecule has 0 aromatic heterocycles. The number of halogens is 1. The first-order chi connectivity index (χ1) is 7.23. The van der Waals surface area contributed by atoms with E-state index in [1.807, 2.05) is 27.7 Å². The number of benzene rings is 1. The molecule has 3 nitrogen and oxygen atoms in total. The zero-order valence-electron chi connectivity index (χ0n) is 9.91. The highest BCUT2D eigenvalue weighted by atomic mass is 35.5. The van der Waals surface area contributed by atoms with E-state index in [-0.39, 0.29) is 0 Å². The zero-order valence-corrected chi connectivity index (χ0v) is 10.7. The number of amides is 1. The van der Waals surface area contributed by atoms with Gasteiger partial charge in [-0.1, -0.05) is 11.6 Å². The summed E-state index contributed by atoms with van der Waals surface area (Å²) in [6.45, 7) is 7.41. The van der Waals surface area contributed by atoms with E-state index in [4.69, 9.17) is 11.6 Å². The van der Waals surface area contributed by atoms with Gasteiger partial charge in [0.1, 0.15) is 0 Å². The molecule has 0 aliphatic heterocycles. The lowest BCUT2D eigenvalue weighted by Crippen LogP contribution is -2.45. The van der Waals surface area contributed by atoms with E-state index in [1.165, 1.54) is 4.90 Å². The number of rotatable bonds is 1. The average molecular weight is 242 g/mol. The summed E-state index contributed by atoms with van der Waals surface area (Å²) in [6.07, 6.45) is -0.964. The minimum Gasteiger partial charge on any atom is -0.465 e. The number of hydrogen-bond donors (Lipinski definition) is 1. The van der Waals surface area contributed by atoms with Gasteiger partial charge in [-0.3, -0.25) is 4.90 Å². The van der Waals surface area contributed by atoms with Crippen LogP contribution in [0.4, 0.5) is 10.5 Å². The third kappa shape index (κ3) is 2.67. The lowest BCUT2D eigenvalue weighted by Gasteiger charge is -2.33. The monoisotopic (exact) mass is 241 g/mol. The van der Waals surface area contributed by atoms with Crippen LogP contribution < -0.4 is 4.90 Å². The van der Waals surface area contributed by atoms with Gasteiger partial charge in [0.05, 0.1) is 0 Å². The number of hydrogen-bond acceptors (Lipinski definition) is 1. The van der Waals surface area contributed by atoms with Crippen molar-refractivity contribution in [2.24, 2.45) is 0 Å². The Morgan fingerprint density at radius 2 is 1.94 bits per heavy atom. The van der Waals surface area contributed by atoms with Gasteiger partial charge in [0, 0.05) is 16.2 Å². The Balaban J connectivity index is 3.22. The summed E-state index contributed by atoms with van der Waals surface area (Å²) in [6, 6.07) is 5.21. The molecule has 1 aromatic rings. The largest absolute Gasteiger partial charge is 0.465 e. The third-order valence-electron chi connectivity index (χ3n) is 2.26. The average Bonchev–Trinajstić information content (AvgIpc) is 2.08. The first-order valence-electron chi connectivity index (χ1n) is 5.03. The molecule has 16 heavy (non-hydrogen) atoms. The van der Waals surface area contributed by atoms with Gasteiger partial charge < -0.3 is 5.11 Å².